The van der Waals surface area contributed by atoms with Gasteiger partial charge in [0.1, 0.15) is 16.8 Å². The highest BCUT2D eigenvalue weighted by atomic mass is 35.5. The molecule has 8 heteroatoms. The summed E-state index contributed by atoms with van der Waals surface area (Å²) in [6.07, 6.45) is -0.740. The van der Waals surface area contributed by atoms with Gasteiger partial charge in [0, 0.05) is 5.02 Å². The molecule has 1 amide bonds. The lowest BCUT2D eigenvalue weighted by Gasteiger charge is -2.15. The van der Waals surface area contributed by atoms with Crippen LogP contribution in [0.5, 0.6) is 5.75 Å². The number of nitrogens with one attached hydrogen (secondary N) is 1. The Morgan fingerprint density at radius 1 is 1.26 bits per heavy atom. The van der Waals surface area contributed by atoms with Gasteiger partial charge >= 0.3 is 0 Å². The topological polar surface area (TPSA) is 64.1 Å². The number of carbonyl (C=O) groups excluding carboxylic acids is 1. The predicted molar refractivity (Wildman–Crippen MR) is 92.6 cm³/mol. The van der Waals surface area contributed by atoms with Crippen molar-refractivity contribution in [2.24, 2.45) is 0 Å². The van der Waals surface area contributed by atoms with Gasteiger partial charge < -0.3 is 10.1 Å². The number of fused-ring (bicyclic) bond motifs is 1. The molecular weight excluding hydrogens is 357 g/mol. The molecule has 3 aromatic rings. The molecule has 0 bridgehead atoms. The number of carbonyl (C=O) groups is 1. The first-order chi connectivity index (χ1) is 11.0. The zero-order valence-corrected chi connectivity index (χ0v) is 14.2. The van der Waals surface area contributed by atoms with Crippen molar-refractivity contribution >= 4 is 57.6 Å². The maximum Gasteiger partial charge on any atom is 0.265 e. The third kappa shape index (κ3) is 3.55. The fourth-order valence-corrected chi connectivity index (χ4v) is 2.96. The fourth-order valence-electron chi connectivity index (χ4n) is 1.96. The highest BCUT2D eigenvalue weighted by Crippen LogP contribution is 2.28. The van der Waals surface area contributed by atoms with Crippen LogP contribution in [0.3, 0.4) is 0 Å². The Labute approximate surface area is 146 Å². The van der Waals surface area contributed by atoms with E-state index < -0.39 is 6.10 Å². The molecule has 0 radical (unpaired) electrons. The molecule has 2 aromatic carbocycles. The van der Waals surface area contributed by atoms with Gasteiger partial charge in [-0.05, 0) is 37.3 Å². The molecule has 23 heavy (non-hydrogen) atoms. The van der Waals surface area contributed by atoms with Gasteiger partial charge in [-0.25, -0.2) is 0 Å². The molecule has 0 unspecified atom stereocenters. The van der Waals surface area contributed by atoms with Crippen molar-refractivity contribution in [3.05, 3.63) is 46.4 Å². The Kier molecular flexibility index (Phi) is 4.66. The van der Waals surface area contributed by atoms with Crippen LogP contribution in [-0.2, 0) is 4.79 Å². The molecule has 3 rings (SSSR count). The summed E-state index contributed by atoms with van der Waals surface area (Å²) in [5.74, 6) is 0.0868. The molecule has 118 valence electrons. The summed E-state index contributed by atoms with van der Waals surface area (Å²) in [7, 11) is 0. The monoisotopic (exact) mass is 367 g/mol. The van der Waals surface area contributed by atoms with Gasteiger partial charge in [0.2, 0.25) is 0 Å². The van der Waals surface area contributed by atoms with Gasteiger partial charge in [0.25, 0.3) is 5.91 Å². The number of hydrogen-bond donors (Lipinski definition) is 1. The van der Waals surface area contributed by atoms with Gasteiger partial charge in [0.05, 0.1) is 22.4 Å². The number of benzene rings is 2. The highest BCUT2D eigenvalue weighted by molar-refractivity contribution is 7.00. The lowest BCUT2D eigenvalue weighted by atomic mass is 10.2. The largest absolute Gasteiger partial charge is 0.479 e. The Morgan fingerprint density at radius 2 is 2.09 bits per heavy atom. The van der Waals surface area contributed by atoms with Crippen LogP contribution in [0, 0.1) is 0 Å². The number of nitrogens with zero attached hydrogens (tertiary/aromatic N) is 2. The van der Waals surface area contributed by atoms with E-state index in [9.17, 15) is 4.79 Å². The van der Waals surface area contributed by atoms with E-state index in [-0.39, 0.29) is 5.91 Å². The number of amides is 1. The summed E-state index contributed by atoms with van der Waals surface area (Å²) >= 11 is 13.0. The van der Waals surface area contributed by atoms with Crippen molar-refractivity contribution in [2.75, 3.05) is 5.32 Å². The number of hydrogen-bond acceptors (Lipinski definition) is 5. The fraction of sp³-hybridized carbons (Fsp3) is 0.133. The lowest BCUT2D eigenvalue weighted by molar-refractivity contribution is -0.122. The first-order valence-electron chi connectivity index (χ1n) is 6.68. The van der Waals surface area contributed by atoms with Gasteiger partial charge in [-0.15, -0.1) is 0 Å². The SMILES string of the molecule is C[C@@H](Oc1ccc(Cl)cc1Cl)C(=O)Nc1cccc2nsnc12. The molecule has 5 nitrogen and oxygen atoms in total. The molecule has 0 aliphatic carbocycles. The number of aromatic nitrogens is 2. The average Bonchev–Trinajstić information content (AvgIpc) is 2.99. The van der Waals surface area contributed by atoms with Crippen molar-refractivity contribution in [3.8, 4) is 5.75 Å². The zero-order valence-electron chi connectivity index (χ0n) is 11.9. The summed E-state index contributed by atoms with van der Waals surface area (Å²) < 4.78 is 13.9. The molecule has 1 atom stereocenters. The van der Waals surface area contributed by atoms with E-state index in [1.54, 1.807) is 37.3 Å². The third-order valence-corrected chi connectivity index (χ3v) is 4.18. The van der Waals surface area contributed by atoms with Crippen molar-refractivity contribution < 1.29 is 9.53 Å². The van der Waals surface area contributed by atoms with Crippen LogP contribution >= 0.6 is 34.9 Å². The van der Waals surface area contributed by atoms with Crippen molar-refractivity contribution in [3.63, 3.8) is 0 Å². The van der Waals surface area contributed by atoms with Crippen LogP contribution < -0.4 is 10.1 Å². The quantitative estimate of drug-likeness (QED) is 0.741. The summed E-state index contributed by atoms with van der Waals surface area (Å²) in [5.41, 5.74) is 1.99. The van der Waals surface area contributed by atoms with Crippen molar-refractivity contribution in [2.45, 2.75) is 13.0 Å². The van der Waals surface area contributed by atoms with Gasteiger partial charge in [-0.1, -0.05) is 29.3 Å². The van der Waals surface area contributed by atoms with E-state index in [2.05, 4.69) is 14.1 Å². The normalized spacial score (nSPS) is 12.1. The molecule has 0 aliphatic heterocycles. The van der Waals surface area contributed by atoms with E-state index in [0.717, 1.165) is 17.2 Å². The number of ether oxygens (including phenoxy) is 1. The van der Waals surface area contributed by atoms with E-state index >= 15 is 0 Å². The van der Waals surface area contributed by atoms with Crippen molar-refractivity contribution in [1.82, 2.24) is 8.75 Å². The first-order valence-corrected chi connectivity index (χ1v) is 8.17. The standard InChI is InChI=1S/C15H11Cl2N3O2S/c1-8(22-13-6-5-9(16)7-10(13)17)15(21)18-11-3-2-4-12-14(11)20-23-19-12/h2-8H,1H3,(H,18,21)/t8-/m1/s1. The van der Waals surface area contributed by atoms with Gasteiger partial charge in [0.15, 0.2) is 6.10 Å². The van der Waals surface area contributed by atoms with Crippen molar-refractivity contribution in [1.29, 1.82) is 0 Å². The summed E-state index contributed by atoms with van der Waals surface area (Å²) in [6, 6.07) is 10.2. The molecule has 0 saturated carbocycles. The predicted octanol–water partition coefficient (Wildman–Crippen LogP) is 4.40. The molecule has 1 heterocycles. The van der Waals surface area contributed by atoms with Gasteiger partial charge in [-0.2, -0.15) is 8.75 Å². The molecule has 0 fully saturated rings. The van der Waals surface area contributed by atoms with E-state index in [1.165, 1.54) is 0 Å². The third-order valence-electron chi connectivity index (χ3n) is 3.11. The van der Waals surface area contributed by atoms with Crippen LogP contribution in [0.2, 0.25) is 10.0 Å². The Hall–Kier alpha value is -1.89. The number of rotatable bonds is 4. The summed E-state index contributed by atoms with van der Waals surface area (Å²) in [4.78, 5) is 12.3. The lowest BCUT2D eigenvalue weighted by Crippen LogP contribution is -2.30. The second-order valence-corrected chi connectivity index (χ2v) is 6.13. The minimum Gasteiger partial charge on any atom is -0.479 e. The Balaban J connectivity index is 1.74. The molecule has 0 spiro atoms. The average molecular weight is 368 g/mol. The number of anilines is 1. The smallest absolute Gasteiger partial charge is 0.265 e. The molecular formula is C15H11Cl2N3O2S. The first kappa shape index (κ1) is 16.0. The number of halogens is 2. The van der Waals surface area contributed by atoms with E-state index in [1.807, 2.05) is 6.07 Å². The summed E-state index contributed by atoms with van der Waals surface area (Å²) in [6.45, 7) is 1.64. The highest BCUT2D eigenvalue weighted by Gasteiger charge is 2.18. The van der Waals surface area contributed by atoms with Gasteiger partial charge in [-0.3, -0.25) is 4.79 Å². The molecule has 0 aliphatic rings. The maximum atomic E-state index is 12.3. The Morgan fingerprint density at radius 3 is 2.87 bits per heavy atom. The van der Waals surface area contributed by atoms with Crippen LogP contribution in [0.15, 0.2) is 36.4 Å². The van der Waals surface area contributed by atoms with Crippen LogP contribution in [0.4, 0.5) is 5.69 Å². The minimum absolute atomic E-state index is 0.309. The van der Waals surface area contributed by atoms with E-state index in [0.29, 0.717) is 27.0 Å². The second-order valence-electron chi connectivity index (χ2n) is 4.76. The Bertz CT molecular complexity index is 869. The molecule has 0 saturated heterocycles. The minimum atomic E-state index is -0.740. The van der Waals surface area contributed by atoms with Crippen LogP contribution in [0.25, 0.3) is 11.0 Å². The second kappa shape index (κ2) is 6.70. The maximum absolute atomic E-state index is 12.3. The summed E-state index contributed by atoms with van der Waals surface area (Å²) in [5, 5.41) is 3.64. The molecule has 1 aromatic heterocycles. The van der Waals surface area contributed by atoms with Crippen LogP contribution in [-0.4, -0.2) is 20.8 Å². The zero-order chi connectivity index (χ0) is 16.4. The van der Waals surface area contributed by atoms with E-state index in [4.69, 9.17) is 27.9 Å². The van der Waals surface area contributed by atoms with Crippen LogP contribution in [0.1, 0.15) is 6.92 Å². The molecule has 1 N–H and O–H groups in total.